The van der Waals surface area contributed by atoms with E-state index in [1.54, 1.807) is 29.7 Å². The standard InChI is InChI=1S/C32H36N6O4S/c1-21-27(41-24-11-7-6-8-12-24)14-13-25(35-29(39)26-20-43-30(36-26)22-15-16-33-34-18-22)28(21)38-17-9-10-23(38)19-37(5)31(40)42-32(2,3)4/h6-8,11-16,18,20,23H,9-10,17,19H2,1-5H3,(H,35,39)/t23-/m1/s1. The molecule has 2 aromatic heterocycles. The number of carbonyl (C=O) groups excluding carboxylic acids is 2. The van der Waals surface area contributed by atoms with E-state index in [0.717, 1.165) is 42.0 Å². The van der Waals surface area contributed by atoms with Crippen molar-refractivity contribution in [2.45, 2.75) is 52.2 Å². The van der Waals surface area contributed by atoms with Crippen molar-refractivity contribution < 1.29 is 19.1 Å². The van der Waals surface area contributed by atoms with Gasteiger partial charge in [-0.05, 0) is 70.9 Å². The first-order valence-electron chi connectivity index (χ1n) is 14.2. The number of hydrogen-bond acceptors (Lipinski definition) is 9. The van der Waals surface area contributed by atoms with E-state index in [1.807, 2.05) is 76.2 Å². The molecule has 1 atom stereocenters. The van der Waals surface area contributed by atoms with Crippen LogP contribution >= 0.6 is 11.3 Å². The second-order valence-electron chi connectivity index (χ2n) is 11.5. The predicted molar refractivity (Wildman–Crippen MR) is 168 cm³/mol. The minimum absolute atomic E-state index is 0.0175. The summed E-state index contributed by atoms with van der Waals surface area (Å²) in [5.41, 5.74) is 2.92. The third-order valence-corrected chi connectivity index (χ3v) is 7.91. The van der Waals surface area contributed by atoms with Crippen LogP contribution in [0.2, 0.25) is 0 Å². The highest BCUT2D eigenvalue weighted by Gasteiger charge is 2.32. The van der Waals surface area contributed by atoms with Crippen molar-refractivity contribution in [1.29, 1.82) is 0 Å². The number of aromatic nitrogens is 3. The van der Waals surface area contributed by atoms with Gasteiger partial charge in [0.05, 0.1) is 23.8 Å². The van der Waals surface area contributed by atoms with Gasteiger partial charge in [0.25, 0.3) is 5.91 Å². The molecule has 224 valence electrons. The summed E-state index contributed by atoms with van der Waals surface area (Å²) in [7, 11) is 1.76. The highest BCUT2D eigenvalue weighted by atomic mass is 32.1. The number of ether oxygens (including phenoxy) is 2. The van der Waals surface area contributed by atoms with Crippen molar-refractivity contribution in [2.75, 3.05) is 30.4 Å². The monoisotopic (exact) mass is 600 g/mol. The average Bonchev–Trinajstić information content (AvgIpc) is 3.65. The zero-order chi connectivity index (χ0) is 30.6. The molecule has 3 heterocycles. The molecule has 4 aromatic rings. The number of thiazole rings is 1. The van der Waals surface area contributed by atoms with Crippen LogP contribution in [-0.2, 0) is 4.74 Å². The van der Waals surface area contributed by atoms with Crippen LogP contribution in [0.5, 0.6) is 11.5 Å². The first-order chi connectivity index (χ1) is 20.6. The second kappa shape index (κ2) is 12.8. The molecule has 10 nitrogen and oxygen atoms in total. The Morgan fingerprint density at radius 1 is 1.12 bits per heavy atom. The van der Waals surface area contributed by atoms with Crippen molar-refractivity contribution in [3.8, 4) is 22.1 Å². The number of hydrogen-bond donors (Lipinski definition) is 1. The molecular weight excluding hydrogens is 564 g/mol. The molecule has 0 unspecified atom stereocenters. The molecule has 0 radical (unpaired) electrons. The van der Waals surface area contributed by atoms with Crippen molar-refractivity contribution in [1.82, 2.24) is 20.1 Å². The molecule has 0 bridgehead atoms. The Labute approximate surface area is 255 Å². The molecule has 1 fully saturated rings. The number of nitrogens with one attached hydrogen (secondary N) is 1. The van der Waals surface area contributed by atoms with Gasteiger partial charge >= 0.3 is 6.09 Å². The molecule has 1 aliphatic heterocycles. The van der Waals surface area contributed by atoms with E-state index in [-0.39, 0.29) is 18.0 Å². The summed E-state index contributed by atoms with van der Waals surface area (Å²) in [6, 6.07) is 15.2. The predicted octanol–water partition coefficient (Wildman–Crippen LogP) is 6.79. The third-order valence-electron chi connectivity index (χ3n) is 7.02. The van der Waals surface area contributed by atoms with Crippen LogP contribution in [0.15, 0.2) is 66.3 Å². The number of benzene rings is 2. The van der Waals surface area contributed by atoms with E-state index in [9.17, 15) is 9.59 Å². The molecule has 1 N–H and O–H groups in total. The maximum Gasteiger partial charge on any atom is 0.410 e. The van der Waals surface area contributed by atoms with Crippen LogP contribution in [0.3, 0.4) is 0 Å². The van der Waals surface area contributed by atoms with Gasteiger partial charge in [-0.2, -0.15) is 10.2 Å². The van der Waals surface area contributed by atoms with Crippen LogP contribution in [0.25, 0.3) is 10.6 Å². The summed E-state index contributed by atoms with van der Waals surface area (Å²) < 4.78 is 11.9. The summed E-state index contributed by atoms with van der Waals surface area (Å²) in [5.74, 6) is 1.09. The zero-order valence-electron chi connectivity index (χ0n) is 25.0. The summed E-state index contributed by atoms with van der Waals surface area (Å²) in [4.78, 5) is 34.7. The van der Waals surface area contributed by atoms with Crippen LogP contribution < -0.4 is 15.0 Å². The van der Waals surface area contributed by atoms with Gasteiger partial charge in [0, 0.05) is 42.7 Å². The van der Waals surface area contributed by atoms with Crippen LogP contribution in [0.1, 0.15) is 49.7 Å². The molecule has 0 saturated carbocycles. The van der Waals surface area contributed by atoms with E-state index in [1.165, 1.54) is 11.3 Å². The Bertz CT molecular complexity index is 1570. The van der Waals surface area contributed by atoms with E-state index in [0.29, 0.717) is 28.7 Å². The number of para-hydroxylation sites is 1. The lowest BCUT2D eigenvalue weighted by molar-refractivity contribution is 0.0290. The molecule has 43 heavy (non-hydrogen) atoms. The lowest BCUT2D eigenvalue weighted by atomic mass is 10.1. The Morgan fingerprint density at radius 3 is 2.63 bits per heavy atom. The molecule has 5 rings (SSSR count). The Morgan fingerprint density at radius 2 is 1.91 bits per heavy atom. The molecule has 1 aliphatic rings. The van der Waals surface area contributed by atoms with Gasteiger partial charge in [-0.25, -0.2) is 9.78 Å². The topological polar surface area (TPSA) is 110 Å². The fraction of sp³-hybridized carbons (Fsp3) is 0.344. The summed E-state index contributed by atoms with van der Waals surface area (Å²) in [6.07, 6.45) is 4.68. The van der Waals surface area contributed by atoms with Crippen LogP contribution in [-0.4, -0.2) is 63.9 Å². The average molecular weight is 601 g/mol. The minimum atomic E-state index is -0.582. The van der Waals surface area contributed by atoms with Gasteiger partial charge in [-0.15, -0.1) is 11.3 Å². The summed E-state index contributed by atoms with van der Waals surface area (Å²) in [5, 5.41) is 13.2. The Balaban J connectivity index is 1.44. The Hall–Kier alpha value is -4.51. The molecule has 2 aromatic carbocycles. The maximum atomic E-state index is 13.5. The van der Waals surface area contributed by atoms with Gasteiger partial charge in [0.1, 0.15) is 27.8 Å². The number of nitrogens with zero attached hydrogens (tertiary/aromatic N) is 5. The smallest absolute Gasteiger partial charge is 0.410 e. The lowest BCUT2D eigenvalue weighted by Gasteiger charge is -2.34. The number of anilines is 2. The number of amides is 2. The molecular formula is C32H36N6O4S. The fourth-order valence-corrected chi connectivity index (χ4v) is 5.83. The highest BCUT2D eigenvalue weighted by Crippen LogP contribution is 2.41. The van der Waals surface area contributed by atoms with Crippen molar-refractivity contribution in [2.24, 2.45) is 0 Å². The van der Waals surface area contributed by atoms with Gasteiger partial charge in [-0.3, -0.25) is 4.79 Å². The van der Waals surface area contributed by atoms with Gasteiger partial charge in [0.2, 0.25) is 0 Å². The van der Waals surface area contributed by atoms with E-state index >= 15 is 0 Å². The van der Waals surface area contributed by atoms with Crippen molar-refractivity contribution in [3.63, 3.8) is 0 Å². The van der Waals surface area contributed by atoms with Gasteiger partial charge in [-0.1, -0.05) is 18.2 Å². The maximum absolute atomic E-state index is 13.5. The lowest BCUT2D eigenvalue weighted by Crippen LogP contribution is -2.43. The molecule has 11 heteroatoms. The summed E-state index contributed by atoms with van der Waals surface area (Å²) >= 11 is 1.37. The van der Waals surface area contributed by atoms with Crippen LogP contribution in [0.4, 0.5) is 16.2 Å². The first-order valence-corrected chi connectivity index (χ1v) is 15.1. The normalized spacial score (nSPS) is 14.8. The third kappa shape index (κ3) is 7.29. The van der Waals surface area contributed by atoms with E-state index in [4.69, 9.17) is 9.47 Å². The van der Waals surface area contributed by atoms with Gasteiger partial charge < -0.3 is 24.6 Å². The number of carbonyl (C=O) groups is 2. The number of likely N-dealkylation sites (N-methyl/N-ethyl adjacent to an activating group) is 1. The van der Waals surface area contributed by atoms with Gasteiger partial charge in [0.15, 0.2) is 0 Å². The molecule has 0 aliphatic carbocycles. The van der Waals surface area contributed by atoms with E-state index in [2.05, 4.69) is 25.4 Å². The van der Waals surface area contributed by atoms with Crippen LogP contribution in [0, 0.1) is 6.92 Å². The molecule has 1 saturated heterocycles. The fourth-order valence-electron chi connectivity index (χ4n) is 5.04. The minimum Gasteiger partial charge on any atom is -0.457 e. The van der Waals surface area contributed by atoms with E-state index < -0.39 is 5.60 Å². The van der Waals surface area contributed by atoms with Crippen molar-refractivity contribution >= 4 is 34.7 Å². The molecule has 0 spiro atoms. The quantitative estimate of drug-likeness (QED) is 0.235. The number of rotatable bonds is 8. The second-order valence-corrected chi connectivity index (χ2v) is 12.3. The SMILES string of the molecule is Cc1c(Oc2ccccc2)ccc(NC(=O)c2csc(-c3ccnnc3)n2)c1N1CCC[C@@H]1CN(C)C(=O)OC(C)(C)C. The van der Waals surface area contributed by atoms with Crippen molar-refractivity contribution in [3.05, 3.63) is 77.6 Å². The Kier molecular flexibility index (Phi) is 8.91. The first kappa shape index (κ1) is 30.0. The summed E-state index contributed by atoms with van der Waals surface area (Å²) in [6.45, 7) is 8.80. The highest BCUT2D eigenvalue weighted by molar-refractivity contribution is 7.13. The molecule has 2 amide bonds. The largest absolute Gasteiger partial charge is 0.457 e. The zero-order valence-corrected chi connectivity index (χ0v) is 25.9.